The van der Waals surface area contributed by atoms with Crippen LogP contribution in [0.4, 0.5) is 5.69 Å². The Labute approximate surface area is 112 Å². The van der Waals surface area contributed by atoms with Crippen LogP contribution in [0, 0.1) is 0 Å². The lowest BCUT2D eigenvalue weighted by molar-refractivity contribution is -0.0769. The summed E-state index contributed by atoms with van der Waals surface area (Å²) in [6.45, 7) is 2.47. The van der Waals surface area contributed by atoms with Crippen molar-refractivity contribution in [2.45, 2.75) is 35.0 Å². The van der Waals surface area contributed by atoms with E-state index in [0.29, 0.717) is 5.25 Å². The Morgan fingerprint density at radius 3 is 2.78 bits per heavy atom. The Kier molecular flexibility index (Phi) is 3.50. The van der Waals surface area contributed by atoms with Gasteiger partial charge in [0.15, 0.2) is 0 Å². The van der Waals surface area contributed by atoms with Crippen molar-refractivity contribution in [3.05, 3.63) is 24.3 Å². The molecule has 0 bridgehead atoms. The summed E-state index contributed by atoms with van der Waals surface area (Å²) >= 11 is 1.94. The third-order valence-corrected chi connectivity index (χ3v) is 4.98. The first-order valence-electron chi connectivity index (χ1n) is 6.50. The number of ether oxygens (including phenoxy) is 2. The Morgan fingerprint density at radius 2 is 2.06 bits per heavy atom. The van der Waals surface area contributed by atoms with Crippen LogP contribution in [0.15, 0.2) is 29.2 Å². The fourth-order valence-electron chi connectivity index (χ4n) is 2.69. The highest BCUT2D eigenvalue weighted by Gasteiger charge is 2.41. The van der Waals surface area contributed by atoms with Gasteiger partial charge in [-0.25, -0.2) is 0 Å². The molecule has 0 radical (unpaired) electrons. The van der Waals surface area contributed by atoms with Gasteiger partial charge >= 0.3 is 0 Å². The Bertz CT molecular complexity index is 401. The van der Waals surface area contributed by atoms with Crippen LogP contribution >= 0.6 is 11.8 Å². The summed E-state index contributed by atoms with van der Waals surface area (Å²) in [7, 11) is 0. The average Bonchev–Trinajstić information content (AvgIpc) is 2.80. The maximum absolute atomic E-state index is 5.96. The zero-order chi connectivity index (χ0) is 12.4. The smallest absolute Gasteiger partial charge is 0.0947 e. The second kappa shape index (κ2) is 5.11. The van der Waals surface area contributed by atoms with E-state index in [1.807, 2.05) is 23.9 Å². The van der Waals surface area contributed by atoms with Gasteiger partial charge in [-0.2, -0.15) is 0 Å². The molecule has 2 unspecified atom stereocenters. The van der Waals surface area contributed by atoms with E-state index in [0.717, 1.165) is 44.8 Å². The highest BCUT2D eigenvalue weighted by Crippen LogP contribution is 2.39. The Balaban J connectivity index is 1.64. The first-order valence-corrected chi connectivity index (χ1v) is 7.38. The molecule has 0 amide bonds. The first kappa shape index (κ1) is 12.3. The van der Waals surface area contributed by atoms with Crippen molar-refractivity contribution in [1.29, 1.82) is 0 Å². The number of nitrogen functional groups attached to an aromatic ring is 1. The molecular formula is C14H19NO2S. The van der Waals surface area contributed by atoms with Crippen molar-refractivity contribution in [2.24, 2.45) is 0 Å². The molecule has 2 N–H and O–H groups in total. The van der Waals surface area contributed by atoms with Crippen LogP contribution in [-0.2, 0) is 9.47 Å². The SMILES string of the molecule is Nc1ccc(SC2CCOC3(CCOC3)C2)cc1. The first-order chi connectivity index (χ1) is 8.76. The molecule has 0 aromatic heterocycles. The minimum absolute atomic E-state index is 0.00370. The normalized spacial score (nSPS) is 31.9. The third kappa shape index (κ3) is 2.66. The van der Waals surface area contributed by atoms with Gasteiger partial charge in [-0.05, 0) is 37.1 Å². The summed E-state index contributed by atoms with van der Waals surface area (Å²) in [4.78, 5) is 1.30. The summed E-state index contributed by atoms with van der Waals surface area (Å²) in [5.41, 5.74) is 6.54. The van der Waals surface area contributed by atoms with Crippen LogP contribution in [0.1, 0.15) is 19.3 Å². The molecule has 98 valence electrons. The number of thioether (sulfide) groups is 1. The summed E-state index contributed by atoms with van der Waals surface area (Å²) in [5, 5.41) is 0.629. The standard InChI is InChI=1S/C14H19NO2S/c15-11-1-3-12(4-2-11)18-13-5-7-17-14(9-13)6-8-16-10-14/h1-4,13H,5-10,15H2. The third-order valence-electron chi connectivity index (χ3n) is 3.70. The molecule has 4 heteroatoms. The second-order valence-corrected chi connectivity index (χ2v) is 6.51. The van der Waals surface area contributed by atoms with Gasteiger partial charge in [-0.3, -0.25) is 0 Å². The molecule has 2 aliphatic rings. The monoisotopic (exact) mass is 265 g/mol. The topological polar surface area (TPSA) is 44.5 Å². The minimum atomic E-state index is 0.00370. The van der Waals surface area contributed by atoms with E-state index in [2.05, 4.69) is 12.1 Å². The molecule has 2 saturated heterocycles. The van der Waals surface area contributed by atoms with Gasteiger partial charge < -0.3 is 15.2 Å². The van der Waals surface area contributed by atoms with Crippen LogP contribution < -0.4 is 5.73 Å². The molecule has 3 rings (SSSR count). The molecule has 1 aromatic rings. The zero-order valence-electron chi connectivity index (χ0n) is 10.4. The van der Waals surface area contributed by atoms with Gasteiger partial charge in [0, 0.05) is 35.5 Å². The number of rotatable bonds is 2. The largest absolute Gasteiger partial charge is 0.399 e. The summed E-state index contributed by atoms with van der Waals surface area (Å²) in [6, 6.07) is 8.15. The molecule has 18 heavy (non-hydrogen) atoms. The van der Waals surface area contributed by atoms with Gasteiger partial charge in [-0.1, -0.05) is 0 Å². The number of benzene rings is 1. The van der Waals surface area contributed by atoms with E-state index in [-0.39, 0.29) is 5.60 Å². The number of anilines is 1. The lowest BCUT2D eigenvalue weighted by Gasteiger charge is -2.36. The Hall–Kier alpha value is -0.710. The molecule has 0 aliphatic carbocycles. The van der Waals surface area contributed by atoms with Gasteiger partial charge in [0.2, 0.25) is 0 Å². The molecule has 2 aliphatic heterocycles. The summed E-state index contributed by atoms with van der Waals surface area (Å²) < 4.78 is 11.5. The van der Waals surface area contributed by atoms with E-state index in [4.69, 9.17) is 15.2 Å². The van der Waals surface area contributed by atoms with Crippen molar-refractivity contribution in [1.82, 2.24) is 0 Å². The highest BCUT2D eigenvalue weighted by molar-refractivity contribution is 8.00. The predicted molar refractivity (Wildman–Crippen MR) is 73.9 cm³/mol. The second-order valence-electron chi connectivity index (χ2n) is 5.14. The Morgan fingerprint density at radius 1 is 1.22 bits per heavy atom. The van der Waals surface area contributed by atoms with E-state index < -0.39 is 0 Å². The maximum Gasteiger partial charge on any atom is 0.0947 e. The molecular weight excluding hydrogens is 246 g/mol. The van der Waals surface area contributed by atoms with Gasteiger partial charge in [0.1, 0.15) is 0 Å². The minimum Gasteiger partial charge on any atom is -0.399 e. The van der Waals surface area contributed by atoms with Crippen LogP contribution in [-0.4, -0.2) is 30.7 Å². The van der Waals surface area contributed by atoms with Crippen LogP contribution in [0.3, 0.4) is 0 Å². The fraction of sp³-hybridized carbons (Fsp3) is 0.571. The van der Waals surface area contributed by atoms with E-state index in [9.17, 15) is 0 Å². The van der Waals surface area contributed by atoms with Crippen molar-refractivity contribution in [2.75, 3.05) is 25.6 Å². The van der Waals surface area contributed by atoms with Crippen LogP contribution in [0.25, 0.3) is 0 Å². The van der Waals surface area contributed by atoms with Gasteiger partial charge in [0.05, 0.1) is 12.2 Å². The van der Waals surface area contributed by atoms with Crippen LogP contribution in [0.5, 0.6) is 0 Å². The zero-order valence-corrected chi connectivity index (χ0v) is 11.2. The molecule has 2 atom stereocenters. The molecule has 1 spiro atoms. The van der Waals surface area contributed by atoms with Crippen LogP contribution in [0.2, 0.25) is 0 Å². The molecule has 0 saturated carbocycles. The number of hydrogen-bond donors (Lipinski definition) is 1. The molecule has 1 aromatic carbocycles. The van der Waals surface area contributed by atoms with Crippen molar-refractivity contribution >= 4 is 17.4 Å². The number of nitrogens with two attached hydrogens (primary N) is 1. The maximum atomic E-state index is 5.96. The lowest BCUT2D eigenvalue weighted by atomic mass is 9.93. The molecule has 3 nitrogen and oxygen atoms in total. The van der Waals surface area contributed by atoms with Gasteiger partial charge in [0.25, 0.3) is 0 Å². The van der Waals surface area contributed by atoms with E-state index >= 15 is 0 Å². The van der Waals surface area contributed by atoms with E-state index in [1.54, 1.807) is 0 Å². The lowest BCUT2D eigenvalue weighted by Crippen LogP contribution is -2.41. The highest BCUT2D eigenvalue weighted by atomic mass is 32.2. The molecule has 2 heterocycles. The van der Waals surface area contributed by atoms with E-state index in [1.165, 1.54) is 4.90 Å². The average molecular weight is 265 g/mol. The van der Waals surface area contributed by atoms with Gasteiger partial charge in [-0.15, -0.1) is 11.8 Å². The molecule has 2 fully saturated rings. The van der Waals surface area contributed by atoms with Crippen molar-refractivity contribution < 1.29 is 9.47 Å². The quantitative estimate of drug-likeness (QED) is 0.835. The van der Waals surface area contributed by atoms with Crippen molar-refractivity contribution in [3.63, 3.8) is 0 Å². The summed E-state index contributed by atoms with van der Waals surface area (Å²) in [6.07, 6.45) is 3.27. The predicted octanol–water partition coefficient (Wildman–Crippen LogP) is 2.70. The van der Waals surface area contributed by atoms with Crippen molar-refractivity contribution in [3.8, 4) is 0 Å². The fourth-order valence-corrected chi connectivity index (χ4v) is 3.96. The number of hydrogen-bond acceptors (Lipinski definition) is 4. The summed E-state index contributed by atoms with van der Waals surface area (Å²) in [5.74, 6) is 0.